The van der Waals surface area contributed by atoms with Gasteiger partial charge in [0.1, 0.15) is 12.4 Å². The van der Waals surface area contributed by atoms with Crippen LogP contribution in [0.25, 0.3) is 10.8 Å². The number of benzene rings is 2. The molecule has 0 aromatic heterocycles. The van der Waals surface area contributed by atoms with E-state index in [1.54, 1.807) is 6.08 Å². The van der Waals surface area contributed by atoms with E-state index in [1.165, 1.54) is 5.39 Å². The van der Waals surface area contributed by atoms with Crippen molar-refractivity contribution in [3.05, 3.63) is 68.3 Å². The lowest BCUT2D eigenvalue weighted by atomic mass is 10.1. The van der Waals surface area contributed by atoms with Gasteiger partial charge in [-0.2, -0.15) is 0 Å². The highest BCUT2D eigenvalue weighted by molar-refractivity contribution is 5.88. The van der Waals surface area contributed by atoms with Crippen LogP contribution in [-0.2, 0) is 0 Å². The smallest absolute Gasteiger partial charge is 0.127 e. The second-order valence-corrected chi connectivity index (χ2v) is 3.08. The Hall–Kier alpha value is -2.02. The lowest BCUT2D eigenvalue weighted by Crippen LogP contribution is -1.92. The molecule has 0 radical (unpaired) electrons. The maximum atomic E-state index is 5.55. The first kappa shape index (κ1) is 12.1. The summed E-state index contributed by atoms with van der Waals surface area (Å²) in [6.07, 6.45) is 1.75. The maximum absolute atomic E-state index is 5.55. The summed E-state index contributed by atoms with van der Waals surface area (Å²) >= 11 is 0. The highest BCUT2D eigenvalue weighted by Crippen LogP contribution is 2.24. The summed E-state index contributed by atoms with van der Waals surface area (Å²) in [7, 11) is 0. The van der Waals surface area contributed by atoms with Crippen molar-refractivity contribution in [2.45, 2.75) is 0 Å². The van der Waals surface area contributed by atoms with Gasteiger partial charge in [-0.3, -0.25) is 0 Å². The number of hydrogen-bond donors (Lipinski definition) is 0. The van der Waals surface area contributed by atoms with Gasteiger partial charge in [-0.15, -0.1) is 13.2 Å². The molecule has 2 aromatic rings. The molecule has 0 aliphatic carbocycles. The Balaban J connectivity index is 0.000000606. The number of fused-ring (bicyclic) bond motifs is 1. The van der Waals surface area contributed by atoms with Crippen molar-refractivity contribution in [2.24, 2.45) is 0 Å². The molecule has 0 atom stereocenters. The third-order valence-electron chi connectivity index (χ3n) is 2.11. The standard InChI is InChI=1S/C13H12O.C2H4/c1-2-10-14-13-9-5-7-11-6-3-4-8-12(11)13;1-2/h2-9H,1,10H2;1-2H2. The van der Waals surface area contributed by atoms with E-state index in [0.717, 1.165) is 11.1 Å². The van der Waals surface area contributed by atoms with E-state index in [9.17, 15) is 0 Å². The fourth-order valence-electron chi connectivity index (χ4n) is 1.47. The van der Waals surface area contributed by atoms with Gasteiger partial charge in [0.05, 0.1) is 0 Å². The molecule has 0 unspecified atom stereocenters. The van der Waals surface area contributed by atoms with E-state index in [-0.39, 0.29) is 0 Å². The van der Waals surface area contributed by atoms with Gasteiger partial charge in [-0.1, -0.05) is 49.1 Å². The molecular weight excluding hydrogens is 196 g/mol. The Morgan fingerprint density at radius 2 is 1.69 bits per heavy atom. The van der Waals surface area contributed by atoms with Crippen molar-refractivity contribution in [2.75, 3.05) is 6.61 Å². The summed E-state index contributed by atoms with van der Waals surface area (Å²) in [5, 5.41) is 2.35. The average Bonchev–Trinajstić information content (AvgIpc) is 2.38. The molecule has 0 aliphatic rings. The monoisotopic (exact) mass is 212 g/mol. The van der Waals surface area contributed by atoms with E-state index in [2.05, 4.69) is 37.9 Å². The largest absolute Gasteiger partial charge is 0.489 e. The molecule has 0 N–H and O–H groups in total. The van der Waals surface area contributed by atoms with Crippen LogP contribution in [0.2, 0.25) is 0 Å². The molecule has 0 heterocycles. The Labute approximate surface area is 96.7 Å². The molecule has 0 aliphatic heterocycles. The Morgan fingerprint density at radius 3 is 2.44 bits per heavy atom. The van der Waals surface area contributed by atoms with Crippen LogP contribution in [0.1, 0.15) is 0 Å². The van der Waals surface area contributed by atoms with Crippen molar-refractivity contribution >= 4 is 10.8 Å². The lowest BCUT2D eigenvalue weighted by molar-refractivity contribution is 0.367. The first-order chi connectivity index (χ1) is 7.92. The molecule has 2 aromatic carbocycles. The van der Waals surface area contributed by atoms with Crippen LogP contribution in [0.3, 0.4) is 0 Å². The molecular formula is C15H16O. The molecule has 0 spiro atoms. The Morgan fingerprint density at radius 1 is 1.00 bits per heavy atom. The molecule has 16 heavy (non-hydrogen) atoms. The topological polar surface area (TPSA) is 9.23 Å². The first-order valence-corrected chi connectivity index (χ1v) is 5.13. The van der Waals surface area contributed by atoms with Gasteiger partial charge in [-0.25, -0.2) is 0 Å². The third-order valence-corrected chi connectivity index (χ3v) is 2.11. The zero-order chi connectivity index (χ0) is 11.8. The maximum Gasteiger partial charge on any atom is 0.127 e. The van der Waals surface area contributed by atoms with Crippen molar-refractivity contribution in [3.8, 4) is 5.75 Å². The minimum Gasteiger partial charge on any atom is -0.489 e. The van der Waals surface area contributed by atoms with Crippen LogP contribution < -0.4 is 4.74 Å². The molecule has 0 saturated heterocycles. The van der Waals surface area contributed by atoms with Gasteiger partial charge in [0.2, 0.25) is 0 Å². The fourth-order valence-corrected chi connectivity index (χ4v) is 1.47. The second kappa shape index (κ2) is 6.46. The zero-order valence-electron chi connectivity index (χ0n) is 9.36. The van der Waals surface area contributed by atoms with E-state index >= 15 is 0 Å². The molecule has 2 rings (SSSR count). The molecule has 82 valence electrons. The van der Waals surface area contributed by atoms with Crippen molar-refractivity contribution in [1.82, 2.24) is 0 Å². The fraction of sp³-hybridized carbons (Fsp3) is 0.0667. The van der Waals surface area contributed by atoms with Gasteiger partial charge in [-0.05, 0) is 11.5 Å². The quantitative estimate of drug-likeness (QED) is 0.692. The van der Waals surface area contributed by atoms with Crippen LogP contribution in [0, 0.1) is 0 Å². The summed E-state index contributed by atoms with van der Waals surface area (Å²) in [6.45, 7) is 10.2. The van der Waals surface area contributed by atoms with Gasteiger partial charge < -0.3 is 4.74 Å². The predicted octanol–water partition coefficient (Wildman–Crippen LogP) is 4.21. The molecule has 1 heteroatoms. The first-order valence-electron chi connectivity index (χ1n) is 5.13. The minimum atomic E-state index is 0.550. The van der Waals surface area contributed by atoms with Crippen LogP contribution in [0.15, 0.2) is 68.3 Å². The number of hydrogen-bond acceptors (Lipinski definition) is 1. The van der Waals surface area contributed by atoms with Crippen LogP contribution >= 0.6 is 0 Å². The van der Waals surface area contributed by atoms with Gasteiger partial charge in [0.15, 0.2) is 0 Å². The summed E-state index contributed by atoms with van der Waals surface area (Å²) in [6, 6.07) is 14.2. The van der Waals surface area contributed by atoms with Gasteiger partial charge in [0.25, 0.3) is 0 Å². The van der Waals surface area contributed by atoms with E-state index in [1.807, 2.05) is 24.3 Å². The Kier molecular flexibility index (Phi) is 4.87. The van der Waals surface area contributed by atoms with Crippen molar-refractivity contribution in [3.63, 3.8) is 0 Å². The molecule has 0 saturated carbocycles. The number of ether oxygens (including phenoxy) is 1. The summed E-state index contributed by atoms with van der Waals surface area (Å²) in [5.41, 5.74) is 0. The predicted molar refractivity (Wildman–Crippen MR) is 70.9 cm³/mol. The van der Waals surface area contributed by atoms with Crippen molar-refractivity contribution in [1.29, 1.82) is 0 Å². The molecule has 1 nitrogen and oxygen atoms in total. The third kappa shape index (κ3) is 2.74. The van der Waals surface area contributed by atoms with E-state index in [0.29, 0.717) is 6.61 Å². The minimum absolute atomic E-state index is 0.550. The van der Waals surface area contributed by atoms with Gasteiger partial charge in [0, 0.05) is 5.39 Å². The van der Waals surface area contributed by atoms with Crippen molar-refractivity contribution < 1.29 is 4.74 Å². The van der Waals surface area contributed by atoms with Crippen LogP contribution in [-0.4, -0.2) is 6.61 Å². The van der Waals surface area contributed by atoms with Crippen LogP contribution in [0.5, 0.6) is 5.75 Å². The SMILES string of the molecule is C=C.C=CCOc1cccc2ccccc12. The molecule has 0 fully saturated rings. The normalized spacial score (nSPS) is 9.00. The molecule has 0 amide bonds. The van der Waals surface area contributed by atoms with Crippen LogP contribution in [0.4, 0.5) is 0 Å². The van der Waals surface area contributed by atoms with Gasteiger partial charge >= 0.3 is 0 Å². The molecule has 0 bridgehead atoms. The second-order valence-electron chi connectivity index (χ2n) is 3.08. The number of rotatable bonds is 3. The average molecular weight is 212 g/mol. The summed E-state index contributed by atoms with van der Waals surface area (Å²) in [4.78, 5) is 0. The zero-order valence-corrected chi connectivity index (χ0v) is 9.36. The highest BCUT2D eigenvalue weighted by Gasteiger charge is 1.98. The Bertz CT molecular complexity index is 454. The summed E-state index contributed by atoms with van der Waals surface area (Å²) in [5.74, 6) is 0.919. The lowest BCUT2D eigenvalue weighted by Gasteiger charge is -2.06. The summed E-state index contributed by atoms with van der Waals surface area (Å²) < 4.78 is 5.55. The van der Waals surface area contributed by atoms with E-state index in [4.69, 9.17) is 4.74 Å². The highest BCUT2D eigenvalue weighted by atomic mass is 16.5. The van der Waals surface area contributed by atoms with E-state index < -0.39 is 0 Å².